The number of halogens is 3. The molecule has 0 aliphatic rings. The quantitative estimate of drug-likeness (QED) is 0.461. The highest BCUT2D eigenvalue weighted by molar-refractivity contribution is 6.18. The Hall–Kier alpha value is -1.76. The number of hydrogen-bond acceptors (Lipinski definition) is 3. The van der Waals surface area contributed by atoms with E-state index in [-0.39, 0.29) is 23.7 Å². The van der Waals surface area contributed by atoms with Crippen molar-refractivity contribution in [3.05, 3.63) is 39.4 Å². The number of carbonyl (C=O) groups excluding carboxylic acids is 1. The van der Waals surface area contributed by atoms with Crippen LogP contribution in [0.2, 0.25) is 0 Å². The van der Waals surface area contributed by atoms with Gasteiger partial charge in [-0.3, -0.25) is 14.9 Å². The second kappa shape index (κ2) is 7.14. The fourth-order valence-electron chi connectivity index (χ4n) is 1.72. The summed E-state index contributed by atoms with van der Waals surface area (Å²) in [6.45, 7) is 0.746. The van der Waals surface area contributed by atoms with Crippen molar-refractivity contribution in [1.82, 2.24) is 4.90 Å². The topological polar surface area (TPSA) is 63.5 Å². The molecule has 0 spiro atoms. The molecule has 0 aromatic heterocycles. The summed E-state index contributed by atoms with van der Waals surface area (Å²) in [5.41, 5.74) is 0.293. The molecule has 0 fully saturated rings. The van der Waals surface area contributed by atoms with Gasteiger partial charge < -0.3 is 4.90 Å². The maximum Gasteiger partial charge on any atom is 0.272 e. The molecule has 20 heavy (non-hydrogen) atoms. The monoisotopic (exact) mass is 306 g/mol. The Bertz CT molecular complexity index is 511. The molecule has 0 saturated heterocycles. The van der Waals surface area contributed by atoms with E-state index in [0.717, 1.165) is 4.90 Å². The molecule has 1 aromatic rings. The number of hydrogen-bond donors (Lipinski definition) is 0. The Labute approximate surface area is 119 Å². The van der Waals surface area contributed by atoms with E-state index in [0.29, 0.717) is 5.56 Å². The Kier molecular flexibility index (Phi) is 5.82. The molecule has 1 amide bonds. The third-order valence-electron chi connectivity index (χ3n) is 2.64. The SMILES string of the molecule is Cc1cc(C(=O)N(CCCl)CC(F)F)ccc1[N+](=O)[O-]. The summed E-state index contributed by atoms with van der Waals surface area (Å²) < 4.78 is 24.8. The zero-order chi connectivity index (χ0) is 15.3. The second-order valence-electron chi connectivity index (χ2n) is 4.09. The highest BCUT2D eigenvalue weighted by Gasteiger charge is 2.21. The molecular formula is C12H13ClF2N2O3. The molecule has 110 valence electrons. The van der Waals surface area contributed by atoms with Gasteiger partial charge >= 0.3 is 0 Å². The van der Waals surface area contributed by atoms with Crippen molar-refractivity contribution >= 4 is 23.2 Å². The van der Waals surface area contributed by atoms with Gasteiger partial charge in [0.25, 0.3) is 18.0 Å². The summed E-state index contributed by atoms with van der Waals surface area (Å²) in [5.74, 6) is -0.589. The first-order valence-corrected chi connectivity index (χ1v) is 6.28. The van der Waals surface area contributed by atoms with Crippen LogP contribution in [0.5, 0.6) is 0 Å². The van der Waals surface area contributed by atoms with E-state index < -0.39 is 23.8 Å². The van der Waals surface area contributed by atoms with Crippen molar-refractivity contribution in [3.8, 4) is 0 Å². The molecule has 0 bridgehead atoms. The van der Waals surface area contributed by atoms with Crippen molar-refractivity contribution < 1.29 is 18.5 Å². The molecular weight excluding hydrogens is 294 g/mol. The van der Waals surface area contributed by atoms with Gasteiger partial charge in [-0.2, -0.15) is 0 Å². The van der Waals surface area contributed by atoms with Crippen LogP contribution in [0.25, 0.3) is 0 Å². The van der Waals surface area contributed by atoms with Crippen LogP contribution in [0.3, 0.4) is 0 Å². The maximum absolute atomic E-state index is 12.4. The van der Waals surface area contributed by atoms with E-state index in [4.69, 9.17) is 11.6 Å². The molecule has 8 heteroatoms. The average Bonchev–Trinajstić information content (AvgIpc) is 2.36. The van der Waals surface area contributed by atoms with Crippen LogP contribution in [0.4, 0.5) is 14.5 Å². The van der Waals surface area contributed by atoms with Crippen LogP contribution in [0, 0.1) is 17.0 Å². The largest absolute Gasteiger partial charge is 0.332 e. The van der Waals surface area contributed by atoms with Gasteiger partial charge in [0.15, 0.2) is 0 Å². The summed E-state index contributed by atoms with van der Waals surface area (Å²) in [7, 11) is 0. The number of nitro benzene ring substituents is 1. The molecule has 0 radical (unpaired) electrons. The summed E-state index contributed by atoms with van der Waals surface area (Å²) in [6, 6.07) is 3.75. The first kappa shape index (κ1) is 16.3. The van der Waals surface area contributed by atoms with Gasteiger partial charge in [0.2, 0.25) is 0 Å². The molecule has 5 nitrogen and oxygen atoms in total. The molecule has 0 aliphatic heterocycles. The molecule has 0 N–H and O–H groups in total. The Morgan fingerprint density at radius 1 is 1.50 bits per heavy atom. The molecule has 0 heterocycles. The second-order valence-corrected chi connectivity index (χ2v) is 4.47. The fraction of sp³-hybridized carbons (Fsp3) is 0.417. The van der Waals surface area contributed by atoms with Gasteiger partial charge in [0.1, 0.15) is 0 Å². The van der Waals surface area contributed by atoms with E-state index in [2.05, 4.69) is 0 Å². The number of nitro groups is 1. The lowest BCUT2D eigenvalue weighted by molar-refractivity contribution is -0.385. The lowest BCUT2D eigenvalue weighted by Crippen LogP contribution is -2.36. The van der Waals surface area contributed by atoms with Gasteiger partial charge in [0.05, 0.1) is 11.5 Å². The first-order chi connectivity index (χ1) is 9.36. The minimum atomic E-state index is -2.67. The van der Waals surface area contributed by atoms with Crippen LogP contribution >= 0.6 is 11.6 Å². The van der Waals surface area contributed by atoms with E-state index in [9.17, 15) is 23.7 Å². The van der Waals surface area contributed by atoms with E-state index in [1.165, 1.54) is 25.1 Å². The van der Waals surface area contributed by atoms with Gasteiger partial charge in [-0.1, -0.05) is 0 Å². The normalized spacial score (nSPS) is 10.7. The minimum absolute atomic E-state index is 0.0131. The van der Waals surface area contributed by atoms with E-state index in [1.807, 2.05) is 0 Å². The van der Waals surface area contributed by atoms with Crippen LogP contribution in [0.15, 0.2) is 18.2 Å². The number of nitrogens with zero attached hydrogens (tertiary/aromatic N) is 2. The molecule has 0 atom stereocenters. The summed E-state index contributed by atoms with van der Waals surface area (Å²) in [4.78, 5) is 23.1. The predicted octanol–water partition coefficient (Wildman–Crippen LogP) is 2.85. The maximum atomic E-state index is 12.4. The van der Waals surface area contributed by atoms with Gasteiger partial charge in [-0.25, -0.2) is 8.78 Å². The zero-order valence-corrected chi connectivity index (χ0v) is 11.4. The molecule has 1 aromatic carbocycles. The van der Waals surface area contributed by atoms with Gasteiger partial charge in [-0.15, -0.1) is 11.6 Å². The molecule has 1 rings (SSSR count). The van der Waals surface area contributed by atoms with Gasteiger partial charge in [-0.05, 0) is 19.1 Å². The van der Waals surface area contributed by atoms with Crippen LogP contribution in [0.1, 0.15) is 15.9 Å². The summed E-state index contributed by atoms with van der Waals surface area (Å²) in [6.07, 6.45) is -2.67. The number of alkyl halides is 3. The smallest absolute Gasteiger partial charge is 0.272 e. The van der Waals surface area contributed by atoms with Crippen molar-refractivity contribution in [1.29, 1.82) is 0 Å². The lowest BCUT2D eigenvalue weighted by Gasteiger charge is -2.21. The van der Waals surface area contributed by atoms with Crippen molar-refractivity contribution in [2.24, 2.45) is 0 Å². The third kappa shape index (κ3) is 4.12. The fourth-order valence-corrected chi connectivity index (χ4v) is 1.92. The third-order valence-corrected chi connectivity index (χ3v) is 2.81. The van der Waals surface area contributed by atoms with Crippen LogP contribution in [-0.2, 0) is 0 Å². The summed E-state index contributed by atoms with van der Waals surface area (Å²) in [5, 5.41) is 10.7. The highest BCUT2D eigenvalue weighted by atomic mass is 35.5. The average molecular weight is 307 g/mol. The van der Waals surface area contributed by atoms with Crippen molar-refractivity contribution in [2.75, 3.05) is 19.0 Å². The molecule has 0 saturated carbocycles. The van der Waals surface area contributed by atoms with E-state index >= 15 is 0 Å². The zero-order valence-electron chi connectivity index (χ0n) is 10.7. The van der Waals surface area contributed by atoms with Crippen LogP contribution in [-0.4, -0.2) is 41.1 Å². The number of amides is 1. The standard InChI is InChI=1S/C12H13ClF2N2O3/c1-8-6-9(2-3-10(8)17(19)20)12(18)16(5-4-13)7-11(14)15/h2-3,6,11H,4-5,7H2,1H3. The Morgan fingerprint density at radius 2 is 2.15 bits per heavy atom. The Morgan fingerprint density at radius 3 is 2.60 bits per heavy atom. The van der Waals surface area contributed by atoms with E-state index in [1.54, 1.807) is 0 Å². The number of aryl methyl sites for hydroxylation is 1. The number of carbonyl (C=O) groups is 1. The molecule has 0 aliphatic carbocycles. The highest BCUT2D eigenvalue weighted by Crippen LogP contribution is 2.20. The minimum Gasteiger partial charge on any atom is -0.332 e. The lowest BCUT2D eigenvalue weighted by atomic mass is 10.1. The van der Waals surface area contributed by atoms with Crippen molar-refractivity contribution in [2.45, 2.75) is 13.3 Å². The van der Waals surface area contributed by atoms with Gasteiger partial charge in [0, 0.05) is 29.6 Å². The Balaban J connectivity index is 3.00. The molecule has 0 unspecified atom stereocenters. The van der Waals surface area contributed by atoms with Crippen LogP contribution < -0.4 is 0 Å². The van der Waals surface area contributed by atoms with Crippen molar-refractivity contribution in [3.63, 3.8) is 0 Å². The number of benzene rings is 1. The predicted molar refractivity (Wildman–Crippen MR) is 70.5 cm³/mol. The summed E-state index contributed by atoms with van der Waals surface area (Å²) >= 11 is 5.48. The first-order valence-electron chi connectivity index (χ1n) is 5.75. The number of rotatable bonds is 6.